The van der Waals surface area contributed by atoms with Crippen molar-refractivity contribution in [2.75, 3.05) is 39.6 Å². The molecule has 0 amide bonds. The molecule has 2 aliphatic rings. The minimum absolute atomic E-state index is 0.372. The van der Waals surface area contributed by atoms with E-state index >= 15 is 0 Å². The first-order valence-corrected chi connectivity index (χ1v) is 15.2. The number of rotatable bonds is 14. The summed E-state index contributed by atoms with van der Waals surface area (Å²) in [5.74, 6) is 0. The van der Waals surface area contributed by atoms with Gasteiger partial charge in [0, 0.05) is 13.2 Å². The molecule has 7 heteroatoms. The van der Waals surface area contributed by atoms with Crippen molar-refractivity contribution in [3.05, 3.63) is 0 Å². The lowest BCUT2D eigenvalue weighted by Crippen LogP contribution is -2.44. The Bertz CT molecular complexity index is 311. The molecule has 0 aromatic rings. The smallest absolute Gasteiger partial charge is 0.173 e. The van der Waals surface area contributed by atoms with E-state index < -0.39 is 16.6 Å². The first-order valence-electron chi connectivity index (χ1n) is 8.95. The second kappa shape index (κ2) is 9.08. The molecule has 0 aromatic heterocycles. The van der Waals surface area contributed by atoms with Crippen LogP contribution >= 0.6 is 0 Å². The number of ether oxygens (including phenoxy) is 4. The van der Waals surface area contributed by atoms with Gasteiger partial charge in [-0.1, -0.05) is 0 Å². The van der Waals surface area contributed by atoms with Gasteiger partial charge in [0.1, 0.15) is 12.2 Å². The standard InChI is InChI=1S/C16H34O5Si2/c1-22(2,9-5-7-17-11-15-13-19-15)21-23(3,4)10-6-8-18-12-16-14-20-16/h15-16H,5-14H2,1-4H3/t15-,16-/m0/s1. The fourth-order valence-corrected chi connectivity index (χ4v) is 11.6. The highest BCUT2D eigenvalue weighted by Crippen LogP contribution is 2.24. The Hall–Kier alpha value is 0.234. The van der Waals surface area contributed by atoms with Gasteiger partial charge < -0.3 is 23.1 Å². The van der Waals surface area contributed by atoms with Gasteiger partial charge in [-0.05, 0) is 51.1 Å². The first-order chi connectivity index (χ1) is 10.9. The molecule has 0 aromatic carbocycles. The Balaban J connectivity index is 1.50. The molecule has 0 unspecified atom stereocenters. The third kappa shape index (κ3) is 9.96. The average molecular weight is 363 g/mol. The molecule has 0 saturated carbocycles. The van der Waals surface area contributed by atoms with Crippen LogP contribution in [0.25, 0.3) is 0 Å². The minimum Gasteiger partial charge on any atom is -0.455 e. The van der Waals surface area contributed by atoms with Gasteiger partial charge in [-0.3, -0.25) is 0 Å². The number of epoxide rings is 2. The van der Waals surface area contributed by atoms with Crippen LogP contribution in [0.2, 0.25) is 38.3 Å². The molecule has 136 valence electrons. The zero-order valence-corrected chi connectivity index (χ0v) is 17.3. The van der Waals surface area contributed by atoms with Crippen LogP contribution in [0.1, 0.15) is 12.8 Å². The summed E-state index contributed by atoms with van der Waals surface area (Å²) >= 11 is 0. The predicted molar refractivity (Wildman–Crippen MR) is 96.0 cm³/mol. The number of hydrogen-bond acceptors (Lipinski definition) is 5. The fourth-order valence-electron chi connectivity index (χ4n) is 2.81. The van der Waals surface area contributed by atoms with Crippen molar-refractivity contribution in [3.8, 4) is 0 Å². The molecule has 2 rings (SSSR count). The summed E-state index contributed by atoms with van der Waals surface area (Å²) in [5.41, 5.74) is 0. The van der Waals surface area contributed by atoms with Crippen molar-refractivity contribution < 1.29 is 23.1 Å². The van der Waals surface area contributed by atoms with Crippen molar-refractivity contribution in [3.63, 3.8) is 0 Å². The Morgan fingerprint density at radius 3 is 1.52 bits per heavy atom. The van der Waals surface area contributed by atoms with E-state index in [-0.39, 0.29) is 0 Å². The Morgan fingerprint density at radius 2 is 1.17 bits per heavy atom. The van der Waals surface area contributed by atoms with Crippen LogP contribution in [0, 0.1) is 0 Å². The van der Waals surface area contributed by atoms with Crippen LogP contribution in [-0.2, 0) is 23.1 Å². The van der Waals surface area contributed by atoms with E-state index in [0.29, 0.717) is 12.2 Å². The Kier molecular flexibility index (Phi) is 7.72. The van der Waals surface area contributed by atoms with Crippen LogP contribution in [0.15, 0.2) is 0 Å². The normalized spacial score (nSPS) is 24.0. The molecular weight excluding hydrogens is 328 g/mol. The van der Waals surface area contributed by atoms with Gasteiger partial charge in [0.15, 0.2) is 16.6 Å². The molecule has 2 fully saturated rings. The summed E-state index contributed by atoms with van der Waals surface area (Å²) in [7, 11) is -3.17. The summed E-state index contributed by atoms with van der Waals surface area (Å²) in [6.07, 6.45) is 2.94. The van der Waals surface area contributed by atoms with Gasteiger partial charge in [-0.2, -0.15) is 0 Å². The highest BCUT2D eigenvalue weighted by molar-refractivity contribution is 6.84. The van der Waals surface area contributed by atoms with Crippen LogP contribution in [0.4, 0.5) is 0 Å². The third-order valence-corrected chi connectivity index (χ3v) is 11.6. The lowest BCUT2D eigenvalue weighted by Gasteiger charge is -2.34. The maximum absolute atomic E-state index is 6.62. The van der Waals surface area contributed by atoms with Gasteiger partial charge in [-0.25, -0.2) is 0 Å². The third-order valence-electron chi connectivity index (χ3n) is 4.10. The quantitative estimate of drug-likeness (QED) is 0.270. The van der Waals surface area contributed by atoms with Crippen LogP contribution in [0.3, 0.4) is 0 Å². The molecule has 0 radical (unpaired) electrons. The van der Waals surface area contributed by atoms with E-state index in [2.05, 4.69) is 26.2 Å². The molecule has 0 spiro atoms. The van der Waals surface area contributed by atoms with Crippen LogP contribution in [-0.4, -0.2) is 68.5 Å². The topological polar surface area (TPSA) is 52.8 Å². The maximum Gasteiger partial charge on any atom is 0.173 e. The van der Waals surface area contributed by atoms with Gasteiger partial charge in [0.25, 0.3) is 0 Å². The first kappa shape index (κ1) is 19.6. The van der Waals surface area contributed by atoms with E-state index in [1.165, 1.54) is 12.1 Å². The zero-order chi connectivity index (χ0) is 16.8. The van der Waals surface area contributed by atoms with E-state index in [0.717, 1.165) is 52.5 Å². The SMILES string of the molecule is C[Si](C)(CCCOC[C@H]1CO1)O[Si](C)(C)CCCOC[C@H]1CO1. The molecule has 5 nitrogen and oxygen atoms in total. The molecule has 2 heterocycles. The van der Waals surface area contributed by atoms with Crippen molar-refractivity contribution in [1.29, 1.82) is 0 Å². The molecule has 0 aliphatic carbocycles. The van der Waals surface area contributed by atoms with E-state index in [9.17, 15) is 0 Å². The molecule has 0 N–H and O–H groups in total. The fraction of sp³-hybridized carbons (Fsp3) is 1.00. The summed E-state index contributed by atoms with van der Waals surface area (Å²) in [4.78, 5) is 0. The van der Waals surface area contributed by atoms with Gasteiger partial charge in [0.05, 0.1) is 26.4 Å². The molecular formula is C16H34O5Si2. The molecule has 2 aliphatic heterocycles. The summed E-state index contributed by atoms with van der Waals surface area (Å²) in [5, 5.41) is 0. The minimum atomic E-state index is -1.59. The average Bonchev–Trinajstić information content (AvgIpc) is 3.31. The second-order valence-electron chi connectivity index (χ2n) is 7.89. The van der Waals surface area contributed by atoms with Crippen molar-refractivity contribution in [2.45, 2.75) is 63.3 Å². The van der Waals surface area contributed by atoms with Crippen molar-refractivity contribution in [1.82, 2.24) is 0 Å². The second-order valence-corrected chi connectivity index (χ2v) is 16.7. The van der Waals surface area contributed by atoms with Crippen molar-refractivity contribution in [2.24, 2.45) is 0 Å². The van der Waals surface area contributed by atoms with E-state index in [1.54, 1.807) is 0 Å². The number of hydrogen-bond donors (Lipinski definition) is 0. The van der Waals surface area contributed by atoms with Gasteiger partial charge in [0.2, 0.25) is 0 Å². The lowest BCUT2D eigenvalue weighted by atomic mass is 10.5. The Labute approximate surface area is 143 Å². The van der Waals surface area contributed by atoms with Crippen LogP contribution in [0.5, 0.6) is 0 Å². The lowest BCUT2D eigenvalue weighted by molar-refractivity contribution is 0.116. The Morgan fingerprint density at radius 1 is 0.783 bits per heavy atom. The highest BCUT2D eigenvalue weighted by atomic mass is 28.4. The van der Waals surface area contributed by atoms with E-state index in [4.69, 9.17) is 23.1 Å². The van der Waals surface area contributed by atoms with Crippen molar-refractivity contribution >= 4 is 16.6 Å². The largest absolute Gasteiger partial charge is 0.455 e. The molecule has 0 bridgehead atoms. The summed E-state index contributed by atoms with van der Waals surface area (Å²) in [6, 6.07) is 2.34. The maximum atomic E-state index is 6.62. The zero-order valence-electron chi connectivity index (χ0n) is 15.3. The summed E-state index contributed by atoms with van der Waals surface area (Å²) < 4.78 is 28.2. The summed E-state index contributed by atoms with van der Waals surface area (Å²) in [6.45, 7) is 14.3. The predicted octanol–water partition coefficient (Wildman–Crippen LogP) is 3.02. The molecule has 23 heavy (non-hydrogen) atoms. The van der Waals surface area contributed by atoms with Crippen LogP contribution < -0.4 is 0 Å². The molecule has 2 atom stereocenters. The molecule has 2 saturated heterocycles. The van der Waals surface area contributed by atoms with Gasteiger partial charge >= 0.3 is 0 Å². The van der Waals surface area contributed by atoms with Gasteiger partial charge in [-0.15, -0.1) is 0 Å². The van der Waals surface area contributed by atoms with E-state index in [1.807, 2.05) is 0 Å². The monoisotopic (exact) mass is 362 g/mol. The highest BCUT2D eigenvalue weighted by Gasteiger charge is 2.32.